The fourth-order valence-corrected chi connectivity index (χ4v) is 2.41. The first-order valence-electron chi connectivity index (χ1n) is 6.72. The molecule has 100 valence electrons. The molecule has 1 atom stereocenters. The van der Waals surface area contributed by atoms with Gasteiger partial charge in [0.15, 0.2) is 0 Å². The number of benzene rings is 1. The summed E-state index contributed by atoms with van der Waals surface area (Å²) in [6.45, 7) is 4.14. The average Bonchev–Trinajstić information content (AvgIpc) is 2.38. The molecule has 19 heavy (non-hydrogen) atoms. The molecule has 0 bridgehead atoms. The number of hydrogen-bond donors (Lipinski definition) is 0. The summed E-state index contributed by atoms with van der Waals surface area (Å²) >= 11 is 0. The largest absolute Gasteiger partial charge is 0.302 e. The van der Waals surface area contributed by atoms with Gasteiger partial charge in [-0.05, 0) is 51.6 Å². The van der Waals surface area contributed by atoms with E-state index in [1.165, 1.54) is 11.1 Å². The summed E-state index contributed by atoms with van der Waals surface area (Å²) in [5, 5.41) is 0. The third kappa shape index (κ3) is 3.42. The summed E-state index contributed by atoms with van der Waals surface area (Å²) < 4.78 is 0. The summed E-state index contributed by atoms with van der Waals surface area (Å²) in [4.78, 5) is 6.83. The van der Waals surface area contributed by atoms with Crippen LogP contribution in [0.2, 0.25) is 0 Å². The molecule has 0 aliphatic rings. The topological polar surface area (TPSA) is 16.1 Å². The van der Waals surface area contributed by atoms with E-state index in [1.54, 1.807) is 0 Å². The maximum Gasteiger partial charge on any atom is 0.0408 e. The van der Waals surface area contributed by atoms with E-state index in [2.05, 4.69) is 73.4 Å². The zero-order chi connectivity index (χ0) is 13.8. The second-order valence-corrected chi connectivity index (χ2v) is 5.29. The second kappa shape index (κ2) is 5.98. The summed E-state index contributed by atoms with van der Waals surface area (Å²) in [6, 6.07) is 15.4. The molecule has 1 aromatic carbocycles. The van der Waals surface area contributed by atoms with Crippen LogP contribution in [0.25, 0.3) is 0 Å². The lowest BCUT2D eigenvalue weighted by molar-refractivity contribution is 0.297. The van der Waals surface area contributed by atoms with Crippen molar-refractivity contribution in [3.63, 3.8) is 0 Å². The summed E-state index contributed by atoms with van der Waals surface area (Å²) in [5.41, 5.74) is 4.91. The van der Waals surface area contributed by atoms with E-state index in [9.17, 15) is 0 Å². The highest BCUT2D eigenvalue weighted by Crippen LogP contribution is 2.23. The smallest absolute Gasteiger partial charge is 0.0408 e. The number of hydrogen-bond acceptors (Lipinski definition) is 2. The maximum absolute atomic E-state index is 4.56. The van der Waals surface area contributed by atoms with E-state index in [0.717, 1.165) is 17.8 Å². The number of likely N-dealkylation sites (N-methyl/N-ethyl adjacent to an activating group) is 1. The second-order valence-electron chi connectivity index (χ2n) is 5.29. The van der Waals surface area contributed by atoms with Crippen molar-refractivity contribution in [3.05, 3.63) is 65.0 Å². The standard InChI is InChI=1S/C17H22N2/c1-13-10-11-16(14(2)18-13)12-17(19(3)4)15-8-6-5-7-9-15/h5-11,17H,12H2,1-4H3. The molecule has 0 spiro atoms. The van der Waals surface area contributed by atoms with Crippen molar-refractivity contribution in [2.45, 2.75) is 26.3 Å². The van der Waals surface area contributed by atoms with Crippen LogP contribution in [0.1, 0.15) is 28.6 Å². The highest BCUT2D eigenvalue weighted by molar-refractivity contribution is 5.26. The Balaban J connectivity index is 2.27. The molecule has 0 saturated carbocycles. The van der Waals surface area contributed by atoms with E-state index < -0.39 is 0 Å². The Kier molecular flexibility index (Phi) is 4.33. The lowest BCUT2D eigenvalue weighted by Gasteiger charge is -2.25. The molecule has 2 nitrogen and oxygen atoms in total. The SMILES string of the molecule is Cc1ccc(CC(c2ccccc2)N(C)C)c(C)n1. The molecule has 0 N–H and O–H groups in total. The molecule has 2 heteroatoms. The molecule has 2 aromatic rings. The highest BCUT2D eigenvalue weighted by atomic mass is 15.1. The maximum atomic E-state index is 4.56. The summed E-state index contributed by atoms with van der Waals surface area (Å²) in [5.74, 6) is 0. The van der Waals surface area contributed by atoms with Gasteiger partial charge in [0.2, 0.25) is 0 Å². The Hall–Kier alpha value is -1.67. The van der Waals surface area contributed by atoms with Crippen molar-refractivity contribution in [2.24, 2.45) is 0 Å². The van der Waals surface area contributed by atoms with Crippen LogP contribution in [0.3, 0.4) is 0 Å². The molecule has 1 heterocycles. The van der Waals surface area contributed by atoms with Gasteiger partial charge in [-0.3, -0.25) is 4.98 Å². The first-order chi connectivity index (χ1) is 9.08. The third-order valence-electron chi connectivity index (χ3n) is 3.56. The van der Waals surface area contributed by atoms with Crippen molar-refractivity contribution >= 4 is 0 Å². The molecule has 1 unspecified atom stereocenters. The zero-order valence-corrected chi connectivity index (χ0v) is 12.2. The minimum absolute atomic E-state index is 0.393. The summed E-state index contributed by atoms with van der Waals surface area (Å²) in [6.07, 6.45) is 0.996. The van der Waals surface area contributed by atoms with Gasteiger partial charge >= 0.3 is 0 Å². The van der Waals surface area contributed by atoms with Gasteiger partial charge in [-0.1, -0.05) is 36.4 Å². The van der Waals surface area contributed by atoms with Crippen LogP contribution in [0.5, 0.6) is 0 Å². The predicted octanol–water partition coefficient (Wildman–Crippen LogP) is 3.54. The molecule has 0 aliphatic heterocycles. The van der Waals surface area contributed by atoms with Gasteiger partial charge < -0.3 is 4.90 Å². The van der Waals surface area contributed by atoms with Gasteiger partial charge in [0, 0.05) is 17.4 Å². The fraction of sp³-hybridized carbons (Fsp3) is 0.353. The van der Waals surface area contributed by atoms with Gasteiger partial charge in [0.05, 0.1) is 0 Å². The van der Waals surface area contributed by atoms with Gasteiger partial charge in [-0.25, -0.2) is 0 Å². The van der Waals surface area contributed by atoms with Crippen LogP contribution < -0.4 is 0 Å². The zero-order valence-electron chi connectivity index (χ0n) is 12.2. The van der Waals surface area contributed by atoms with Crippen LogP contribution in [0.4, 0.5) is 0 Å². The number of rotatable bonds is 4. The van der Waals surface area contributed by atoms with E-state index in [0.29, 0.717) is 6.04 Å². The van der Waals surface area contributed by atoms with Gasteiger partial charge in [-0.2, -0.15) is 0 Å². The quantitative estimate of drug-likeness (QED) is 0.829. The third-order valence-corrected chi connectivity index (χ3v) is 3.56. The summed E-state index contributed by atoms with van der Waals surface area (Å²) in [7, 11) is 4.27. The van der Waals surface area contributed by atoms with Crippen molar-refractivity contribution < 1.29 is 0 Å². The molecular formula is C17H22N2. The van der Waals surface area contributed by atoms with Crippen LogP contribution in [-0.2, 0) is 6.42 Å². The molecule has 0 radical (unpaired) electrons. The molecule has 0 saturated heterocycles. The Bertz CT molecular complexity index is 532. The van der Waals surface area contributed by atoms with Gasteiger partial charge in [0.1, 0.15) is 0 Å². The molecular weight excluding hydrogens is 232 g/mol. The molecule has 0 amide bonds. The van der Waals surface area contributed by atoms with E-state index >= 15 is 0 Å². The van der Waals surface area contributed by atoms with Crippen LogP contribution >= 0.6 is 0 Å². The van der Waals surface area contributed by atoms with Gasteiger partial charge in [0.25, 0.3) is 0 Å². The number of aryl methyl sites for hydroxylation is 2. The molecule has 0 aliphatic carbocycles. The minimum Gasteiger partial charge on any atom is -0.302 e. The predicted molar refractivity (Wildman–Crippen MR) is 80.3 cm³/mol. The molecule has 0 fully saturated rings. The Morgan fingerprint density at radius 1 is 1.00 bits per heavy atom. The van der Waals surface area contributed by atoms with Crippen LogP contribution in [0, 0.1) is 13.8 Å². The van der Waals surface area contributed by atoms with Crippen molar-refractivity contribution in [1.29, 1.82) is 0 Å². The molecule has 1 aromatic heterocycles. The number of nitrogens with zero attached hydrogens (tertiary/aromatic N) is 2. The minimum atomic E-state index is 0.393. The monoisotopic (exact) mass is 254 g/mol. The van der Waals surface area contributed by atoms with Gasteiger partial charge in [-0.15, -0.1) is 0 Å². The normalized spacial score (nSPS) is 12.7. The van der Waals surface area contributed by atoms with Crippen molar-refractivity contribution in [2.75, 3.05) is 14.1 Å². The van der Waals surface area contributed by atoms with E-state index in [1.807, 2.05) is 6.92 Å². The Morgan fingerprint density at radius 3 is 2.26 bits per heavy atom. The van der Waals surface area contributed by atoms with Crippen molar-refractivity contribution in [1.82, 2.24) is 9.88 Å². The fourth-order valence-electron chi connectivity index (χ4n) is 2.41. The molecule has 2 rings (SSSR count). The van der Waals surface area contributed by atoms with Crippen molar-refractivity contribution in [3.8, 4) is 0 Å². The first kappa shape index (κ1) is 13.8. The first-order valence-corrected chi connectivity index (χ1v) is 6.72. The lowest BCUT2D eigenvalue weighted by atomic mass is 9.97. The number of pyridine rings is 1. The number of aromatic nitrogens is 1. The Labute approximate surface area is 116 Å². The van der Waals surface area contributed by atoms with Crippen LogP contribution in [-0.4, -0.2) is 24.0 Å². The Morgan fingerprint density at radius 2 is 1.68 bits per heavy atom. The average molecular weight is 254 g/mol. The van der Waals surface area contributed by atoms with Crippen LogP contribution in [0.15, 0.2) is 42.5 Å². The van der Waals surface area contributed by atoms with E-state index in [4.69, 9.17) is 0 Å². The van der Waals surface area contributed by atoms with E-state index in [-0.39, 0.29) is 0 Å². The highest BCUT2D eigenvalue weighted by Gasteiger charge is 2.15. The lowest BCUT2D eigenvalue weighted by Crippen LogP contribution is -2.22.